The van der Waals surface area contributed by atoms with Crippen LogP contribution in [0.5, 0.6) is 5.75 Å². The number of methoxy groups -OCH3 is 2. The minimum atomic E-state index is 0.276. The van der Waals surface area contributed by atoms with E-state index in [0.717, 1.165) is 74.1 Å². The van der Waals surface area contributed by atoms with E-state index in [-0.39, 0.29) is 5.91 Å². The molecule has 1 aromatic rings. The summed E-state index contributed by atoms with van der Waals surface area (Å²) in [6.45, 7) is 4.03. The number of benzene rings is 1. The van der Waals surface area contributed by atoms with Crippen LogP contribution in [0.4, 0.5) is 0 Å². The van der Waals surface area contributed by atoms with E-state index in [4.69, 9.17) is 9.47 Å². The first-order chi connectivity index (χ1) is 13.1. The monoisotopic (exact) mass is 438 g/mol. The number of carbonyl (C=O) groups is 1. The molecule has 0 saturated carbocycles. The van der Waals surface area contributed by atoms with Gasteiger partial charge in [-0.05, 0) is 65.7 Å². The predicted octanol–water partition coefficient (Wildman–Crippen LogP) is 3.49. The van der Waals surface area contributed by atoms with Gasteiger partial charge in [0.15, 0.2) is 0 Å². The van der Waals surface area contributed by atoms with Gasteiger partial charge in [0, 0.05) is 45.8 Å². The fourth-order valence-electron chi connectivity index (χ4n) is 4.23. The number of aryl methyl sites for hydroxylation is 1. The number of amides is 1. The number of hydrogen-bond acceptors (Lipinski definition) is 4. The lowest BCUT2D eigenvalue weighted by molar-refractivity contribution is -0.132. The summed E-state index contributed by atoms with van der Waals surface area (Å²) < 4.78 is 11.7. The van der Waals surface area contributed by atoms with Crippen LogP contribution in [0.2, 0.25) is 0 Å². The van der Waals surface area contributed by atoms with Gasteiger partial charge in [-0.15, -0.1) is 0 Å². The summed E-state index contributed by atoms with van der Waals surface area (Å²) in [6.07, 6.45) is 6.23. The van der Waals surface area contributed by atoms with Crippen molar-refractivity contribution >= 4 is 21.8 Å². The van der Waals surface area contributed by atoms with Crippen molar-refractivity contribution in [3.63, 3.8) is 0 Å². The molecule has 6 heteroatoms. The first-order valence-corrected chi connectivity index (χ1v) is 10.8. The van der Waals surface area contributed by atoms with Gasteiger partial charge < -0.3 is 19.3 Å². The topological polar surface area (TPSA) is 42.0 Å². The average Bonchev–Trinajstić information content (AvgIpc) is 2.72. The molecule has 0 bridgehead atoms. The van der Waals surface area contributed by atoms with Crippen molar-refractivity contribution in [2.24, 2.45) is 0 Å². The Labute approximate surface area is 171 Å². The molecule has 0 radical (unpaired) electrons. The van der Waals surface area contributed by atoms with Gasteiger partial charge in [0.1, 0.15) is 5.75 Å². The zero-order chi connectivity index (χ0) is 19.2. The molecule has 0 aromatic heterocycles. The third kappa shape index (κ3) is 5.46. The van der Waals surface area contributed by atoms with Crippen LogP contribution < -0.4 is 4.74 Å². The number of piperidine rings is 2. The molecular formula is C21H31BrN2O3. The van der Waals surface area contributed by atoms with Crippen molar-refractivity contribution in [2.75, 3.05) is 40.4 Å². The average molecular weight is 439 g/mol. The fraction of sp³-hybridized carbons (Fsp3) is 0.667. The Balaban J connectivity index is 1.41. The maximum absolute atomic E-state index is 12.6. The second-order valence-electron chi connectivity index (χ2n) is 7.55. The van der Waals surface area contributed by atoms with Gasteiger partial charge in [0.2, 0.25) is 5.91 Å². The second kappa shape index (κ2) is 9.89. The summed E-state index contributed by atoms with van der Waals surface area (Å²) in [7, 11) is 3.47. The molecule has 1 aromatic carbocycles. The van der Waals surface area contributed by atoms with Gasteiger partial charge in [-0.3, -0.25) is 4.79 Å². The molecule has 150 valence electrons. The lowest BCUT2D eigenvalue weighted by atomic mass is 9.98. The second-order valence-corrected chi connectivity index (χ2v) is 8.41. The van der Waals surface area contributed by atoms with Gasteiger partial charge >= 0.3 is 0 Å². The Morgan fingerprint density at radius 3 is 2.41 bits per heavy atom. The molecule has 27 heavy (non-hydrogen) atoms. The Morgan fingerprint density at radius 2 is 1.81 bits per heavy atom. The van der Waals surface area contributed by atoms with E-state index in [2.05, 4.69) is 25.7 Å². The normalized spacial score (nSPS) is 20.0. The van der Waals surface area contributed by atoms with E-state index in [1.807, 2.05) is 25.3 Å². The molecule has 2 fully saturated rings. The van der Waals surface area contributed by atoms with Crippen molar-refractivity contribution < 1.29 is 14.3 Å². The highest BCUT2D eigenvalue weighted by atomic mass is 79.9. The SMILES string of the molecule is COc1ccc(CCC(=O)N2CCC(N3CCC(OC)CC3)CC2)cc1Br. The Hall–Kier alpha value is -1.11. The summed E-state index contributed by atoms with van der Waals surface area (Å²) in [5.74, 6) is 1.10. The summed E-state index contributed by atoms with van der Waals surface area (Å²) in [4.78, 5) is 17.3. The molecule has 2 saturated heterocycles. The van der Waals surface area contributed by atoms with Crippen molar-refractivity contribution in [3.8, 4) is 5.75 Å². The highest BCUT2D eigenvalue weighted by molar-refractivity contribution is 9.10. The molecule has 0 atom stereocenters. The molecule has 0 aliphatic carbocycles. The van der Waals surface area contributed by atoms with Crippen LogP contribution in [0, 0.1) is 0 Å². The van der Waals surface area contributed by atoms with E-state index in [9.17, 15) is 4.79 Å². The molecule has 0 N–H and O–H groups in total. The largest absolute Gasteiger partial charge is 0.496 e. The number of likely N-dealkylation sites (tertiary alicyclic amines) is 2. The fourth-order valence-corrected chi connectivity index (χ4v) is 4.82. The quantitative estimate of drug-likeness (QED) is 0.681. The molecule has 5 nitrogen and oxygen atoms in total. The Kier molecular flexibility index (Phi) is 7.56. The van der Waals surface area contributed by atoms with E-state index in [1.54, 1.807) is 7.11 Å². The summed E-state index contributed by atoms with van der Waals surface area (Å²) in [6, 6.07) is 6.65. The molecular weight excluding hydrogens is 408 g/mol. The number of nitrogens with zero attached hydrogens (tertiary/aromatic N) is 2. The maximum atomic E-state index is 12.6. The van der Waals surface area contributed by atoms with Gasteiger partial charge in [-0.2, -0.15) is 0 Å². The van der Waals surface area contributed by atoms with E-state index < -0.39 is 0 Å². The standard InChI is InChI=1S/C21H31BrN2O3/c1-26-18-9-13-23(14-10-18)17-7-11-24(12-8-17)21(25)6-4-16-3-5-20(27-2)19(22)15-16/h3,5,15,17-18H,4,6-14H2,1-2H3. The van der Waals surface area contributed by atoms with Crippen molar-refractivity contribution in [1.82, 2.24) is 9.80 Å². The molecule has 0 unspecified atom stereocenters. The molecule has 2 aliphatic rings. The molecule has 2 aliphatic heterocycles. The molecule has 2 heterocycles. The van der Waals surface area contributed by atoms with Crippen molar-refractivity contribution in [2.45, 2.75) is 50.7 Å². The van der Waals surface area contributed by atoms with Crippen molar-refractivity contribution in [3.05, 3.63) is 28.2 Å². The summed E-state index contributed by atoms with van der Waals surface area (Å²) >= 11 is 3.51. The van der Waals surface area contributed by atoms with E-state index in [1.165, 1.54) is 0 Å². The lowest BCUT2D eigenvalue weighted by Crippen LogP contribution is -2.49. The maximum Gasteiger partial charge on any atom is 0.222 e. The lowest BCUT2D eigenvalue weighted by Gasteiger charge is -2.41. The summed E-state index contributed by atoms with van der Waals surface area (Å²) in [5, 5.41) is 0. The highest BCUT2D eigenvalue weighted by Gasteiger charge is 2.29. The van der Waals surface area contributed by atoms with Crippen LogP contribution in [0.1, 0.15) is 37.7 Å². The third-order valence-electron chi connectivity index (χ3n) is 5.99. The number of ether oxygens (including phenoxy) is 2. The third-order valence-corrected chi connectivity index (χ3v) is 6.61. The highest BCUT2D eigenvalue weighted by Crippen LogP contribution is 2.26. The predicted molar refractivity (Wildman–Crippen MR) is 110 cm³/mol. The number of carbonyl (C=O) groups excluding carboxylic acids is 1. The Morgan fingerprint density at radius 1 is 1.11 bits per heavy atom. The van der Waals surface area contributed by atoms with E-state index >= 15 is 0 Å². The molecule has 3 rings (SSSR count). The van der Waals surface area contributed by atoms with Crippen LogP contribution in [-0.4, -0.2) is 68.3 Å². The zero-order valence-corrected chi connectivity index (χ0v) is 18.0. The van der Waals surface area contributed by atoms with Crippen LogP contribution in [0.25, 0.3) is 0 Å². The van der Waals surface area contributed by atoms with Crippen LogP contribution in [0.3, 0.4) is 0 Å². The van der Waals surface area contributed by atoms with Gasteiger partial charge in [-0.1, -0.05) is 6.07 Å². The number of rotatable bonds is 6. The number of hydrogen-bond donors (Lipinski definition) is 0. The first-order valence-electron chi connectivity index (χ1n) is 9.97. The summed E-state index contributed by atoms with van der Waals surface area (Å²) in [5.41, 5.74) is 1.16. The molecule has 1 amide bonds. The van der Waals surface area contributed by atoms with E-state index in [0.29, 0.717) is 18.6 Å². The minimum Gasteiger partial charge on any atom is -0.496 e. The minimum absolute atomic E-state index is 0.276. The molecule has 0 spiro atoms. The van der Waals surface area contributed by atoms with Crippen LogP contribution in [0.15, 0.2) is 22.7 Å². The van der Waals surface area contributed by atoms with Gasteiger partial charge in [-0.25, -0.2) is 0 Å². The zero-order valence-electron chi connectivity index (χ0n) is 16.5. The first kappa shape index (κ1) is 20.6. The smallest absolute Gasteiger partial charge is 0.222 e. The van der Waals surface area contributed by atoms with Gasteiger partial charge in [0.25, 0.3) is 0 Å². The van der Waals surface area contributed by atoms with Gasteiger partial charge in [0.05, 0.1) is 17.7 Å². The van der Waals surface area contributed by atoms with Crippen LogP contribution in [-0.2, 0) is 16.0 Å². The van der Waals surface area contributed by atoms with Crippen molar-refractivity contribution in [1.29, 1.82) is 0 Å². The van der Waals surface area contributed by atoms with Crippen LogP contribution >= 0.6 is 15.9 Å². The Bertz CT molecular complexity index is 624. The number of halogens is 1.